The number of carbonyl (C=O) groups is 2. The molecule has 13 atom stereocenters. The van der Waals surface area contributed by atoms with Gasteiger partial charge in [-0.1, -0.05) is 34.6 Å². The lowest BCUT2D eigenvalue weighted by atomic mass is 9.41. The first kappa shape index (κ1) is 29.7. The average molecular weight is 576 g/mol. The van der Waals surface area contributed by atoms with E-state index in [0.29, 0.717) is 18.3 Å². The molecule has 1 heterocycles. The molecule has 8 heteroatoms. The predicted molar refractivity (Wildman–Crippen MR) is 152 cm³/mol. The highest BCUT2D eigenvalue weighted by molar-refractivity contribution is 5.66. The van der Waals surface area contributed by atoms with Gasteiger partial charge in [0.25, 0.3) is 0 Å². The number of aliphatic hydroxyl groups is 2. The number of carbonyl (C=O) groups excluding carboxylic acids is 2. The molecule has 5 saturated carbocycles. The number of aliphatic hydroxyl groups excluding tert-OH is 1. The molecule has 0 bridgehead atoms. The number of esters is 1. The molecular weight excluding hydrogens is 522 g/mol. The number of ether oxygens (including phenoxy) is 3. The van der Waals surface area contributed by atoms with Gasteiger partial charge in [-0.2, -0.15) is 0 Å². The van der Waals surface area contributed by atoms with Crippen molar-refractivity contribution in [2.45, 2.75) is 143 Å². The minimum atomic E-state index is -1.30. The monoisotopic (exact) mass is 575 g/mol. The molecule has 0 aromatic carbocycles. The van der Waals surface area contributed by atoms with Crippen LogP contribution in [0.1, 0.15) is 107 Å². The topological polar surface area (TPSA) is 128 Å². The number of hydrogen-bond acceptors (Lipinski definition) is 7. The Labute approximate surface area is 245 Å². The highest BCUT2D eigenvalue weighted by Gasteiger charge is 2.85. The van der Waals surface area contributed by atoms with Crippen molar-refractivity contribution in [2.75, 3.05) is 0 Å². The fraction of sp³-hybridized carbons (Fsp3) is 0.939. The van der Waals surface area contributed by atoms with Crippen molar-refractivity contribution in [3.8, 4) is 0 Å². The Hall–Kier alpha value is -1.38. The highest BCUT2D eigenvalue weighted by Crippen LogP contribution is 2.89. The van der Waals surface area contributed by atoms with E-state index in [0.717, 1.165) is 38.5 Å². The molecule has 2 spiro atoms. The first-order valence-corrected chi connectivity index (χ1v) is 16.1. The summed E-state index contributed by atoms with van der Waals surface area (Å²) < 4.78 is 18.7. The van der Waals surface area contributed by atoms with Gasteiger partial charge < -0.3 is 30.2 Å². The first-order valence-electron chi connectivity index (χ1n) is 16.1. The van der Waals surface area contributed by atoms with Crippen molar-refractivity contribution in [2.24, 2.45) is 56.5 Å². The van der Waals surface area contributed by atoms with Gasteiger partial charge >= 0.3 is 12.1 Å². The second-order valence-electron chi connectivity index (χ2n) is 16.7. The average Bonchev–Trinajstić information content (AvgIpc) is 3.48. The van der Waals surface area contributed by atoms with Crippen molar-refractivity contribution in [1.29, 1.82) is 0 Å². The SMILES string of the molecule is CC(=O)OC(C1C[C@@H](C)[C@H]2C(O1)[C@H](OC(N)=O)[C@@]1(C)C3CC[C@H]4C(C)(C)C(O)CCC45CC35CCC21C)C(C)(C)O. The first-order chi connectivity index (χ1) is 18.9. The summed E-state index contributed by atoms with van der Waals surface area (Å²) in [5, 5.41) is 22.0. The predicted octanol–water partition coefficient (Wildman–Crippen LogP) is 4.97. The summed E-state index contributed by atoms with van der Waals surface area (Å²) >= 11 is 0. The quantitative estimate of drug-likeness (QED) is 0.404. The third-order valence-electron chi connectivity index (χ3n) is 14.3. The van der Waals surface area contributed by atoms with Gasteiger partial charge in [-0.15, -0.1) is 0 Å². The van der Waals surface area contributed by atoms with Gasteiger partial charge in [-0.05, 0) is 111 Å². The van der Waals surface area contributed by atoms with Crippen LogP contribution in [-0.2, 0) is 19.0 Å². The molecule has 8 unspecified atom stereocenters. The second kappa shape index (κ2) is 8.84. The summed E-state index contributed by atoms with van der Waals surface area (Å²) in [4.78, 5) is 24.6. The van der Waals surface area contributed by atoms with E-state index in [4.69, 9.17) is 19.9 Å². The van der Waals surface area contributed by atoms with Crippen molar-refractivity contribution in [3.05, 3.63) is 0 Å². The van der Waals surface area contributed by atoms with Gasteiger partial charge in [-0.25, -0.2) is 4.79 Å². The van der Waals surface area contributed by atoms with Gasteiger partial charge in [0.05, 0.1) is 23.9 Å². The summed E-state index contributed by atoms with van der Waals surface area (Å²) in [6.45, 7) is 16.2. The van der Waals surface area contributed by atoms with E-state index < -0.39 is 42.1 Å². The van der Waals surface area contributed by atoms with E-state index in [1.165, 1.54) is 13.3 Å². The molecule has 6 aliphatic rings. The van der Waals surface area contributed by atoms with Gasteiger partial charge in [0.1, 0.15) is 6.10 Å². The number of fused-ring (bicyclic) bond motifs is 4. The lowest BCUT2D eigenvalue weighted by molar-refractivity contribution is -0.216. The lowest BCUT2D eigenvalue weighted by Crippen LogP contribution is -2.60. The smallest absolute Gasteiger partial charge is 0.404 e. The zero-order chi connectivity index (χ0) is 30.1. The van der Waals surface area contributed by atoms with E-state index in [2.05, 4.69) is 34.6 Å². The normalized spacial score (nSPS) is 52.0. The van der Waals surface area contributed by atoms with Gasteiger partial charge in [-0.3, -0.25) is 4.79 Å². The lowest BCUT2D eigenvalue weighted by Gasteiger charge is -2.63. The van der Waals surface area contributed by atoms with E-state index in [9.17, 15) is 19.8 Å². The molecule has 1 aliphatic heterocycles. The van der Waals surface area contributed by atoms with Crippen LogP contribution in [0.3, 0.4) is 0 Å². The molecule has 5 aliphatic carbocycles. The highest BCUT2D eigenvalue weighted by atomic mass is 16.6. The summed E-state index contributed by atoms with van der Waals surface area (Å²) in [6, 6.07) is 0. The minimum absolute atomic E-state index is 0.102. The summed E-state index contributed by atoms with van der Waals surface area (Å²) in [5.74, 6) is 0.740. The van der Waals surface area contributed by atoms with E-state index in [1.54, 1.807) is 13.8 Å². The summed E-state index contributed by atoms with van der Waals surface area (Å²) in [7, 11) is 0. The molecule has 8 nitrogen and oxygen atoms in total. The maximum Gasteiger partial charge on any atom is 0.404 e. The van der Waals surface area contributed by atoms with Crippen LogP contribution in [0.5, 0.6) is 0 Å². The van der Waals surface area contributed by atoms with Gasteiger partial charge in [0, 0.05) is 12.3 Å². The van der Waals surface area contributed by atoms with Crippen molar-refractivity contribution in [1.82, 2.24) is 0 Å². The molecule has 4 N–H and O–H groups in total. The fourth-order valence-electron chi connectivity index (χ4n) is 12.7. The van der Waals surface area contributed by atoms with Crippen LogP contribution < -0.4 is 5.73 Å². The van der Waals surface area contributed by atoms with Crippen LogP contribution in [0.15, 0.2) is 0 Å². The Morgan fingerprint density at radius 2 is 1.66 bits per heavy atom. The third kappa shape index (κ3) is 3.68. The molecule has 1 amide bonds. The largest absolute Gasteiger partial charge is 0.457 e. The van der Waals surface area contributed by atoms with E-state index in [-0.39, 0.29) is 45.0 Å². The maximum atomic E-state index is 12.6. The fourth-order valence-corrected chi connectivity index (χ4v) is 12.7. The molecule has 41 heavy (non-hydrogen) atoms. The molecular formula is C33H53NO7. The standard InChI is InChI=1S/C33H53NO7/c1-17-15-19(25(29(5,6)38)39-18(2)35)40-24-23(17)30(7)13-14-33-16-32(33)12-11-22(36)28(3,4)20(32)9-10-21(33)31(30,8)26(24)41-27(34)37/h17,19-26,36,38H,9-16H2,1-8H3,(H2,34,37)/t17-,19?,20+,21?,22?,23+,24?,25?,26+,30?,31-,32?,33?/m1/s1. The number of nitrogens with two attached hydrogens (primary N) is 1. The second-order valence-corrected chi connectivity index (χ2v) is 16.7. The van der Waals surface area contributed by atoms with Crippen molar-refractivity contribution in [3.63, 3.8) is 0 Å². The molecule has 0 radical (unpaired) electrons. The van der Waals surface area contributed by atoms with Gasteiger partial charge in [0.2, 0.25) is 0 Å². The molecule has 232 valence electrons. The van der Waals surface area contributed by atoms with Crippen LogP contribution in [-0.4, -0.2) is 58.4 Å². The third-order valence-corrected chi connectivity index (χ3v) is 14.3. The maximum absolute atomic E-state index is 12.6. The van der Waals surface area contributed by atoms with Crippen molar-refractivity contribution >= 4 is 12.1 Å². The Morgan fingerprint density at radius 1 is 1.02 bits per heavy atom. The van der Waals surface area contributed by atoms with E-state index in [1.807, 2.05) is 0 Å². The van der Waals surface area contributed by atoms with Crippen LogP contribution in [0.25, 0.3) is 0 Å². The summed E-state index contributed by atoms with van der Waals surface area (Å²) in [5.41, 5.74) is 4.33. The Balaban J connectivity index is 1.41. The number of hydrogen-bond donors (Lipinski definition) is 3. The summed E-state index contributed by atoms with van der Waals surface area (Å²) in [6.07, 6.45) is 4.75. The Kier molecular flexibility index (Phi) is 6.40. The van der Waals surface area contributed by atoms with Crippen LogP contribution in [0.4, 0.5) is 4.79 Å². The van der Waals surface area contributed by atoms with E-state index >= 15 is 0 Å². The number of rotatable bonds is 4. The number of primary amides is 1. The zero-order valence-corrected chi connectivity index (χ0v) is 26.4. The molecule has 0 aromatic heterocycles. The zero-order valence-electron chi connectivity index (χ0n) is 26.4. The van der Waals surface area contributed by atoms with Crippen LogP contribution >= 0.6 is 0 Å². The molecule has 0 aromatic rings. The van der Waals surface area contributed by atoms with Crippen LogP contribution in [0, 0.1) is 50.7 Å². The van der Waals surface area contributed by atoms with Gasteiger partial charge in [0.15, 0.2) is 6.10 Å². The van der Waals surface area contributed by atoms with Crippen molar-refractivity contribution < 1.29 is 34.0 Å². The number of amides is 1. The molecule has 6 fully saturated rings. The minimum Gasteiger partial charge on any atom is -0.457 e. The molecule has 6 rings (SSSR count). The molecule has 1 saturated heterocycles. The van der Waals surface area contributed by atoms with Crippen LogP contribution in [0.2, 0.25) is 0 Å². The Morgan fingerprint density at radius 3 is 2.27 bits per heavy atom. The Bertz CT molecular complexity index is 1120.